The Morgan fingerprint density at radius 1 is 1.07 bits per heavy atom. The zero-order valence-electron chi connectivity index (χ0n) is 16.0. The molecule has 3 aliphatic heterocycles. The fourth-order valence-electron chi connectivity index (χ4n) is 4.32. The molecule has 3 aliphatic rings. The van der Waals surface area contributed by atoms with Gasteiger partial charge in [0.25, 0.3) is 0 Å². The standard InChI is InChI=1S/C20H24N8O/c21-17-23-18(22)28-19(24-17)25-20(26-28,16-7-4-12-29-16)15-8-10-27(11-9-15)13-14-5-2-1-3-6-14/h1-7,12,15,26H,8-11,13H2,(H4,21,22,23,24,25). The molecule has 2 aromatic rings. The molecule has 9 heteroatoms. The van der Waals surface area contributed by atoms with Crippen molar-refractivity contribution in [1.82, 2.24) is 15.3 Å². The van der Waals surface area contributed by atoms with Crippen molar-refractivity contribution in [2.45, 2.75) is 25.0 Å². The highest BCUT2D eigenvalue weighted by molar-refractivity contribution is 6.11. The Morgan fingerprint density at radius 3 is 2.59 bits per heavy atom. The summed E-state index contributed by atoms with van der Waals surface area (Å²) in [6, 6.07) is 14.4. The summed E-state index contributed by atoms with van der Waals surface area (Å²) in [6.45, 7) is 2.91. The van der Waals surface area contributed by atoms with Gasteiger partial charge in [-0.15, -0.1) is 0 Å². The highest BCUT2D eigenvalue weighted by Gasteiger charge is 2.51. The smallest absolute Gasteiger partial charge is 0.248 e. The summed E-state index contributed by atoms with van der Waals surface area (Å²) < 4.78 is 5.79. The van der Waals surface area contributed by atoms with Crippen LogP contribution in [-0.2, 0) is 12.2 Å². The second-order valence-corrected chi connectivity index (χ2v) is 7.58. The predicted octanol–water partition coefficient (Wildman–Crippen LogP) is 1.16. The largest absolute Gasteiger partial charge is 0.465 e. The van der Waals surface area contributed by atoms with Gasteiger partial charge in [0, 0.05) is 12.5 Å². The first-order valence-electron chi connectivity index (χ1n) is 9.80. The van der Waals surface area contributed by atoms with E-state index in [1.807, 2.05) is 18.2 Å². The third-order valence-electron chi connectivity index (χ3n) is 5.76. The predicted molar refractivity (Wildman–Crippen MR) is 110 cm³/mol. The second kappa shape index (κ2) is 7.02. The summed E-state index contributed by atoms with van der Waals surface area (Å²) in [5, 5.41) is 1.59. The van der Waals surface area contributed by atoms with Crippen molar-refractivity contribution in [3.05, 3.63) is 60.1 Å². The van der Waals surface area contributed by atoms with Crippen molar-refractivity contribution in [1.29, 1.82) is 0 Å². The molecule has 1 saturated heterocycles. The molecule has 1 unspecified atom stereocenters. The van der Waals surface area contributed by atoms with Crippen LogP contribution >= 0.6 is 0 Å². The number of hydrogen-bond donors (Lipinski definition) is 3. The van der Waals surface area contributed by atoms with E-state index in [4.69, 9.17) is 20.9 Å². The minimum absolute atomic E-state index is 0.104. The van der Waals surface area contributed by atoms with Crippen LogP contribution in [0.3, 0.4) is 0 Å². The molecule has 5 N–H and O–H groups in total. The number of nitrogens with two attached hydrogens (primary N) is 2. The van der Waals surface area contributed by atoms with Gasteiger partial charge in [0.05, 0.1) is 6.26 Å². The summed E-state index contributed by atoms with van der Waals surface area (Å²) in [6.07, 6.45) is 3.58. The number of hydrazine groups is 1. The zero-order chi connectivity index (χ0) is 19.8. The van der Waals surface area contributed by atoms with Crippen LogP contribution in [0, 0.1) is 5.92 Å². The summed E-state index contributed by atoms with van der Waals surface area (Å²) >= 11 is 0. The molecule has 4 heterocycles. The van der Waals surface area contributed by atoms with Crippen LogP contribution in [0.25, 0.3) is 0 Å². The van der Waals surface area contributed by atoms with Crippen molar-refractivity contribution in [3.63, 3.8) is 0 Å². The molecule has 0 saturated carbocycles. The van der Waals surface area contributed by atoms with E-state index in [9.17, 15) is 0 Å². The number of hydrogen-bond acceptors (Lipinski definition) is 9. The Balaban J connectivity index is 1.38. The lowest BCUT2D eigenvalue weighted by Crippen LogP contribution is -2.57. The molecule has 1 fully saturated rings. The van der Waals surface area contributed by atoms with Gasteiger partial charge < -0.3 is 15.9 Å². The van der Waals surface area contributed by atoms with Crippen molar-refractivity contribution in [3.8, 4) is 0 Å². The number of furan rings is 1. The van der Waals surface area contributed by atoms with Gasteiger partial charge in [0.2, 0.25) is 17.9 Å². The first-order valence-corrected chi connectivity index (χ1v) is 9.80. The molecule has 1 aromatic heterocycles. The molecule has 1 aromatic carbocycles. The van der Waals surface area contributed by atoms with Gasteiger partial charge in [-0.05, 0) is 43.6 Å². The maximum atomic E-state index is 6.06. The number of nitrogens with zero attached hydrogens (tertiary/aromatic N) is 5. The van der Waals surface area contributed by atoms with Gasteiger partial charge in [-0.25, -0.2) is 10.0 Å². The third-order valence-corrected chi connectivity index (χ3v) is 5.76. The van der Waals surface area contributed by atoms with Crippen LogP contribution in [0.15, 0.2) is 68.1 Å². The van der Waals surface area contributed by atoms with E-state index in [-0.39, 0.29) is 17.8 Å². The van der Waals surface area contributed by atoms with E-state index in [0.29, 0.717) is 5.96 Å². The lowest BCUT2D eigenvalue weighted by molar-refractivity contribution is 0.0783. The van der Waals surface area contributed by atoms with Gasteiger partial charge in [-0.3, -0.25) is 4.90 Å². The van der Waals surface area contributed by atoms with E-state index < -0.39 is 5.66 Å². The Labute approximate surface area is 168 Å². The minimum Gasteiger partial charge on any atom is -0.465 e. The first-order chi connectivity index (χ1) is 14.1. The molecular formula is C20H24N8O. The van der Waals surface area contributed by atoms with E-state index in [2.05, 4.69) is 44.6 Å². The topological polar surface area (TPSA) is 121 Å². The summed E-state index contributed by atoms with van der Waals surface area (Å²) in [5.74, 6) is 1.70. The highest BCUT2D eigenvalue weighted by Crippen LogP contribution is 2.41. The van der Waals surface area contributed by atoms with Crippen molar-refractivity contribution < 1.29 is 4.42 Å². The van der Waals surface area contributed by atoms with Crippen LogP contribution in [-0.4, -0.2) is 40.9 Å². The number of nitrogens with one attached hydrogen (secondary N) is 1. The van der Waals surface area contributed by atoms with E-state index in [1.165, 1.54) is 5.56 Å². The molecule has 0 aliphatic carbocycles. The highest BCUT2D eigenvalue weighted by atomic mass is 16.3. The van der Waals surface area contributed by atoms with Crippen LogP contribution < -0.4 is 16.9 Å². The zero-order valence-corrected chi connectivity index (χ0v) is 16.0. The molecule has 1 atom stereocenters. The van der Waals surface area contributed by atoms with Crippen LogP contribution in [0.4, 0.5) is 0 Å². The fraction of sp³-hybridized carbons (Fsp3) is 0.350. The third kappa shape index (κ3) is 3.18. The average molecular weight is 392 g/mol. The molecule has 0 radical (unpaired) electrons. The first kappa shape index (κ1) is 17.9. The number of guanidine groups is 3. The van der Waals surface area contributed by atoms with Gasteiger partial charge >= 0.3 is 0 Å². The number of fused-ring (bicyclic) bond motifs is 1. The lowest BCUT2D eigenvalue weighted by Gasteiger charge is -2.40. The Kier molecular flexibility index (Phi) is 4.33. The summed E-state index contributed by atoms with van der Waals surface area (Å²) in [7, 11) is 0. The molecule has 0 bridgehead atoms. The molecular weight excluding hydrogens is 368 g/mol. The Hall–Kier alpha value is -3.17. The SMILES string of the molecule is NC1=NC2=NC(c3ccco3)(C3CCN(Cc4ccccc4)CC3)NN2C(N)=N1. The molecule has 150 valence electrons. The molecule has 29 heavy (non-hydrogen) atoms. The van der Waals surface area contributed by atoms with Gasteiger partial charge in [0.15, 0.2) is 5.66 Å². The number of likely N-dealkylation sites (tertiary alicyclic amines) is 1. The Bertz CT molecular complexity index is 960. The quantitative estimate of drug-likeness (QED) is 0.718. The molecule has 0 spiro atoms. The number of rotatable bonds is 4. The van der Waals surface area contributed by atoms with Crippen molar-refractivity contribution in [2.24, 2.45) is 32.4 Å². The summed E-state index contributed by atoms with van der Waals surface area (Å²) in [4.78, 5) is 15.7. The van der Waals surface area contributed by atoms with Crippen LogP contribution in [0.2, 0.25) is 0 Å². The second-order valence-electron chi connectivity index (χ2n) is 7.58. The maximum Gasteiger partial charge on any atom is 0.248 e. The van der Waals surface area contributed by atoms with Crippen LogP contribution in [0.1, 0.15) is 24.2 Å². The van der Waals surface area contributed by atoms with Crippen molar-refractivity contribution >= 4 is 17.9 Å². The number of aliphatic imine (C=N–C) groups is 3. The van der Waals surface area contributed by atoms with Crippen LogP contribution in [0.5, 0.6) is 0 Å². The molecule has 5 rings (SSSR count). The van der Waals surface area contributed by atoms with Crippen molar-refractivity contribution in [2.75, 3.05) is 13.1 Å². The van der Waals surface area contributed by atoms with Gasteiger partial charge in [0.1, 0.15) is 5.76 Å². The normalized spacial score (nSPS) is 25.4. The molecule has 9 nitrogen and oxygen atoms in total. The maximum absolute atomic E-state index is 6.06. The number of piperidine rings is 1. The van der Waals surface area contributed by atoms with Gasteiger partial charge in [-0.1, -0.05) is 30.3 Å². The lowest BCUT2D eigenvalue weighted by atomic mass is 9.83. The average Bonchev–Trinajstić information content (AvgIpc) is 3.38. The van der Waals surface area contributed by atoms with E-state index >= 15 is 0 Å². The van der Waals surface area contributed by atoms with E-state index in [1.54, 1.807) is 11.3 Å². The van der Waals surface area contributed by atoms with Gasteiger partial charge in [-0.2, -0.15) is 15.4 Å². The minimum atomic E-state index is -0.772. The molecule has 0 amide bonds. The van der Waals surface area contributed by atoms with E-state index in [0.717, 1.165) is 38.2 Å². The number of benzene rings is 1. The Morgan fingerprint density at radius 2 is 1.86 bits per heavy atom. The fourth-order valence-corrected chi connectivity index (χ4v) is 4.32. The monoisotopic (exact) mass is 392 g/mol. The summed E-state index contributed by atoms with van der Waals surface area (Å²) in [5.41, 5.74) is 15.8.